The maximum absolute atomic E-state index is 12.7. The molecule has 14 nitrogen and oxygen atoms in total. The topological polar surface area (TPSA) is 171 Å². The molecule has 1 aliphatic carbocycles. The number of rotatable bonds is 8. The third kappa shape index (κ3) is 5.86. The molecule has 2 saturated heterocycles. The number of carbonyl (C=O) groups excluding carboxylic acids is 2. The number of piperidine rings is 2. The van der Waals surface area contributed by atoms with Crippen molar-refractivity contribution in [2.24, 2.45) is 0 Å². The van der Waals surface area contributed by atoms with Gasteiger partial charge in [0, 0.05) is 69.9 Å². The van der Waals surface area contributed by atoms with Gasteiger partial charge in [0.2, 0.25) is 0 Å². The van der Waals surface area contributed by atoms with Crippen LogP contribution in [0.5, 0.6) is 0 Å². The van der Waals surface area contributed by atoms with Crippen molar-refractivity contribution in [2.45, 2.75) is 70.3 Å². The van der Waals surface area contributed by atoms with E-state index in [-0.39, 0.29) is 24.0 Å². The summed E-state index contributed by atoms with van der Waals surface area (Å²) in [7, 11) is 0. The zero-order valence-electron chi connectivity index (χ0n) is 25.7. The van der Waals surface area contributed by atoms with Crippen LogP contribution in [0, 0.1) is 0 Å². The maximum Gasteiger partial charge on any atom is 0.409 e. The van der Waals surface area contributed by atoms with Crippen molar-refractivity contribution in [3.05, 3.63) is 30.0 Å². The first-order chi connectivity index (χ1) is 21.9. The summed E-state index contributed by atoms with van der Waals surface area (Å²) < 4.78 is 13.3. The zero-order chi connectivity index (χ0) is 31.1. The van der Waals surface area contributed by atoms with Crippen LogP contribution < -0.4 is 5.73 Å². The van der Waals surface area contributed by atoms with Gasteiger partial charge in [0.05, 0.1) is 10.9 Å². The molecule has 4 aromatic rings. The number of ketones is 1. The van der Waals surface area contributed by atoms with Crippen LogP contribution in [0.4, 0.5) is 10.6 Å². The molecule has 14 heteroatoms. The third-order valence-corrected chi connectivity index (χ3v) is 9.06. The summed E-state index contributed by atoms with van der Waals surface area (Å²) in [6.07, 6.45) is 9.72. The van der Waals surface area contributed by atoms with Gasteiger partial charge in [0.1, 0.15) is 35.9 Å². The normalized spacial score (nSPS) is 18.3. The van der Waals surface area contributed by atoms with E-state index >= 15 is 0 Å². The fourth-order valence-electron chi connectivity index (χ4n) is 6.28. The number of aromatic nitrogens is 7. The van der Waals surface area contributed by atoms with E-state index in [1.807, 2.05) is 30.9 Å². The lowest BCUT2D eigenvalue weighted by Crippen LogP contribution is -2.40. The number of anilines is 1. The molecule has 3 aliphatic rings. The van der Waals surface area contributed by atoms with Crippen LogP contribution in [0.25, 0.3) is 33.8 Å². The lowest BCUT2D eigenvalue weighted by Gasteiger charge is -2.31. The highest BCUT2D eigenvalue weighted by Crippen LogP contribution is 2.48. The number of likely N-dealkylation sites (tertiary alicyclic amines) is 2. The Morgan fingerprint density at radius 1 is 1.00 bits per heavy atom. The van der Waals surface area contributed by atoms with Crippen LogP contribution >= 0.6 is 0 Å². The molecule has 45 heavy (non-hydrogen) atoms. The summed E-state index contributed by atoms with van der Waals surface area (Å²) in [6, 6.07) is 0.0465. The monoisotopic (exact) mass is 614 g/mol. The fourth-order valence-corrected chi connectivity index (χ4v) is 6.28. The van der Waals surface area contributed by atoms with Crippen molar-refractivity contribution in [2.75, 3.05) is 45.1 Å². The first-order valence-electron chi connectivity index (χ1n) is 15.8. The van der Waals surface area contributed by atoms with Crippen LogP contribution in [-0.4, -0.2) is 95.9 Å². The predicted octanol–water partition coefficient (Wildman–Crippen LogP) is 3.96. The van der Waals surface area contributed by atoms with Crippen LogP contribution in [0.2, 0.25) is 0 Å². The summed E-state index contributed by atoms with van der Waals surface area (Å²) in [4.78, 5) is 46.3. The lowest BCUT2D eigenvalue weighted by atomic mass is 9.91. The van der Waals surface area contributed by atoms with E-state index in [9.17, 15) is 9.59 Å². The molecule has 0 unspecified atom stereocenters. The van der Waals surface area contributed by atoms with Crippen molar-refractivity contribution in [3.8, 4) is 22.8 Å². The first kappa shape index (κ1) is 29.3. The van der Waals surface area contributed by atoms with Crippen molar-refractivity contribution < 1.29 is 18.8 Å². The molecule has 0 radical (unpaired) electrons. The average molecular weight is 615 g/mol. The number of ether oxygens (including phenoxy) is 1. The minimum Gasteiger partial charge on any atom is -0.448 e. The summed E-state index contributed by atoms with van der Waals surface area (Å²) >= 11 is 0. The number of hydrogen-bond donors (Lipinski definition) is 1. The van der Waals surface area contributed by atoms with Gasteiger partial charge in [-0.3, -0.25) is 9.69 Å². The third-order valence-electron chi connectivity index (χ3n) is 9.06. The van der Waals surface area contributed by atoms with Crippen molar-refractivity contribution >= 4 is 28.7 Å². The second-order valence-electron chi connectivity index (χ2n) is 12.5. The van der Waals surface area contributed by atoms with Gasteiger partial charge in [-0.25, -0.2) is 29.4 Å². The van der Waals surface area contributed by atoms with E-state index in [1.165, 1.54) is 6.33 Å². The molecule has 6 heterocycles. The van der Waals surface area contributed by atoms with Gasteiger partial charge in [-0.15, -0.1) is 0 Å². The molecular weight excluding hydrogens is 576 g/mol. The Morgan fingerprint density at radius 2 is 1.73 bits per heavy atom. The summed E-state index contributed by atoms with van der Waals surface area (Å²) in [5.41, 5.74) is 9.83. The molecule has 236 valence electrons. The standard InChI is InChI=1S/C31H38N10O4/c1-18(2)41-30-24(28(32)35-17-36-30)25(37-41)26-23(27(45-38-26)20-3-4-20)29-33-15-21(16-34-29)19-5-11-40(12-6-19)31(43)44-14-13-39-9-7-22(42)8-10-39/h15-20H,3-14H2,1-2H3,(H2,32,35,36). The van der Waals surface area contributed by atoms with Crippen molar-refractivity contribution in [3.63, 3.8) is 0 Å². The minimum absolute atomic E-state index is 0.0465. The van der Waals surface area contributed by atoms with Gasteiger partial charge in [0.15, 0.2) is 17.2 Å². The van der Waals surface area contributed by atoms with Gasteiger partial charge >= 0.3 is 6.09 Å². The van der Waals surface area contributed by atoms with E-state index in [1.54, 1.807) is 4.90 Å². The van der Waals surface area contributed by atoms with Crippen LogP contribution in [0.1, 0.15) is 81.6 Å². The second kappa shape index (κ2) is 12.1. The van der Waals surface area contributed by atoms with Crippen molar-refractivity contribution in [1.29, 1.82) is 0 Å². The molecule has 0 atom stereocenters. The van der Waals surface area contributed by atoms with E-state index < -0.39 is 0 Å². The summed E-state index contributed by atoms with van der Waals surface area (Å²) in [5, 5.41) is 9.96. The lowest BCUT2D eigenvalue weighted by molar-refractivity contribution is -0.121. The quantitative estimate of drug-likeness (QED) is 0.303. The number of Topliss-reactive ketones (excluding diaryl/α,β-unsaturated/α-hetero) is 1. The smallest absolute Gasteiger partial charge is 0.409 e. The highest BCUT2D eigenvalue weighted by molar-refractivity contribution is 6.00. The molecule has 3 fully saturated rings. The number of hydrogen-bond acceptors (Lipinski definition) is 12. The number of amides is 1. The molecule has 2 N–H and O–H groups in total. The average Bonchev–Trinajstić information content (AvgIpc) is 3.68. The Hall–Kier alpha value is -4.46. The van der Waals surface area contributed by atoms with Gasteiger partial charge in [-0.2, -0.15) is 5.10 Å². The van der Waals surface area contributed by atoms with E-state index in [4.69, 9.17) is 30.1 Å². The predicted molar refractivity (Wildman–Crippen MR) is 164 cm³/mol. The number of nitrogens with two attached hydrogens (primary N) is 1. The fraction of sp³-hybridized carbons (Fsp3) is 0.548. The summed E-state index contributed by atoms with van der Waals surface area (Å²) in [5.74, 6) is 2.43. The van der Waals surface area contributed by atoms with Gasteiger partial charge in [-0.05, 0) is 51.0 Å². The molecule has 0 aromatic carbocycles. The molecule has 1 saturated carbocycles. The van der Waals surface area contributed by atoms with Crippen molar-refractivity contribution in [1.82, 2.24) is 44.7 Å². The molecule has 1 amide bonds. The highest BCUT2D eigenvalue weighted by Gasteiger charge is 2.36. The van der Waals surface area contributed by atoms with Crippen LogP contribution in [0.15, 0.2) is 23.2 Å². The highest BCUT2D eigenvalue weighted by atomic mass is 16.6. The molecule has 7 rings (SSSR count). The number of carbonyl (C=O) groups is 2. The van der Waals surface area contributed by atoms with Crippen LogP contribution in [-0.2, 0) is 9.53 Å². The SMILES string of the molecule is CC(C)n1nc(-c2noc(C3CC3)c2-c2ncc(C3CCN(C(=O)OCCN4CCC(=O)CC4)CC3)cn2)c2c(N)ncnc21. The number of fused-ring (bicyclic) bond motifs is 1. The molecule has 0 bridgehead atoms. The Bertz CT molecular complexity index is 1690. The Labute approximate surface area is 260 Å². The second-order valence-corrected chi connectivity index (χ2v) is 12.5. The maximum atomic E-state index is 12.7. The van der Waals surface area contributed by atoms with E-state index in [0.29, 0.717) is 78.9 Å². The number of nitrogen functional groups attached to an aromatic ring is 1. The Kier molecular flexibility index (Phi) is 7.90. The Balaban J connectivity index is 1.05. The molecule has 0 spiro atoms. The minimum atomic E-state index is -0.279. The van der Waals surface area contributed by atoms with E-state index in [2.05, 4.69) is 20.0 Å². The van der Waals surface area contributed by atoms with E-state index in [0.717, 1.165) is 55.7 Å². The van der Waals surface area contributed by atoms with Gasteiger partial charge in [0.25, 0.3) is 0 Å². The molecule has 2 aliphatic heterocycles. The first-order valence-corrected chi connectivity index (χ1v) is 15.8. The largest absolute Gasteiger partial charge is 0.448 e. The number of nitrogens with zero attached hydrogens (tertiary/aromatic N) is 9. The Morgan fingerprint density at radius 3 is 2.42 bits per heavy atom. The van der Waals surface area contributed by atoms with Crippen LogP contribution in [0.3, 0.4) is 0 Å². The van der Waals surface area contributed by atoms with Gasteiger partial charge in [-0.1, -0.05) is 5.16 Å². The summed E-state index contributed by atoms with van der Waals surface area (Å²) in [6.45, 7) is 7.77. The molecule has 4 aromatic heterocycles. The van der Waals surface area contributed by atoms with Gasteiger partial charge < -0.3 is 19.9 Å². The molecular formula is C31H38N10O4. The zero-order valence-corrected chi connectivity index (χ0v) is 25.7.